The van der Waals surface area contributed by atoms with E-state index < -0.39 is 0 Å². The number of para-hydroxylation sites is 1. The van der Waals surface area contributed by atoms with Gasteiger partial charge < -0.3 is 4.74 Å². The molecule has 106 valence electrons. The van der Waals surface area contributed by atoms with E-state index in [9.17, 15) is 0 Å². The molecule has 1 heterocycles. The number of hydrogen-bond acceptors (Lipinski definition) is 4. The third-order valence-corrected chi connectivity index (χ3v) is 4.38. The SMILES string of the molecule is COc1ccc(N/N=C/c2sc3ccccc3[n+]2C)cc1. The van der Waals surface area contributed by atoms with Crippen LogP contribution in [0.1, 0.15) is 5.01 Å². The number of fused-ring (bicyclic) bond motifs is 1. The van der Waals surface area contributed by atoms with Crippen LogP contribution in [-0.4, -0.2) is 13.3 Å². The van der Waals surface area contributed by atoms with E-state index in [1.807, 2.05) is 43.6 Å². The molecular weight excluding hydrogens is 282 g/mol. The molecule has 21 heavy (non-hydrogen) atoms. The highest BCUT2D eigenvalue weighted by Gasteiger charge is 2.13. The quantitative estimate of drug-likeness (QED) is 0.456. The average molecular weight is 298 g/mol. The Morgan fingerprint density at radius 1 is 1.14 bits per heavy atom. The fraction of sp³-hybridized carbons (Fsp3) is 0.125. The van der Waals surface area contributed by atoms with Crippen LogP contribution in [0, 0.1) is 0 Å². The minimum absolute atomic E-state index is 0.834. The zero-order valence-electron chi connectivity index (χ0n) is 11.9. The van der Waals surface area contributed by atoms with Gasteiger partial charge in [-0.15, -0.1) is 0 Å². The first-order valence-corrected chi connectivity index (χ1v) is 7.40. The molecule has 0 fully saturated rings. The van der Waals surface area contributed by atoms with Crippen LogP contribution >= 0.6 is 11.3 Å². The van der Waals surface area contributed by atoms with Crippen molar-refractivity contribution in [2.24, 2.45) is 12.1 Å². The minimum Gasteiger partial charge on any atom is -0.497 e. The number of hydrazone groups is 1. The van der Waals surface area contributed by atoms with Crippen molar-refractivity contribution in [3.63, 3.8) is 0 Å². The Balaban J connectivity index is 1.76. The Morgan fingerprint density at radius 2 is 1.90 bits per heavy atom. The zero-order chi connectivity index (χ0) is 14.7. The van der Waals surface area contributed by atoms with Gasteiger partial charge in [0.25, 0.3) is 5.01 Å². The van der Waals surface area contributed by atoms with Crippen molar-refractivity contribution >= 4 is 33.5 Å². The van der Waals surface area contributed by atoms with E-state index in [0.717, 1.165) is 16.4 Å². The Bertz CT molecular complexity index is 778. The van der Waals surface area contributed by atoms with Crippen molar-refractivity contribution in [3.8, 4) is 5.75 Å². The maximum absolute atomic E-state index is 5.12. The molecule has 0 spiro atoms. The van der Waals surface area contributed by atoms with Crippen LogP contribution in [0.25, 0.3) is 10.2 Å². The standard InChI is InChI=1S/C16H15N3OS/c1-19-14-5-3-4-6-15(14)21-16(19)11-17-18-12-7-9-13(20-2)10-8-12/h3-11H,1-2H3/p+1. The van der Waals surface area contributed by atoms with Gasteiger partial charge in [-0.05, 0) is 30.3 Å². The van der Waals surface area contributed by atoms with Crippen molar-refractivity contribution < 1.29 is 9.30 Å². The third kappa shape index (κ3) is 2.87. The van der Waals surface area contributed by atoms with Crippen molar-refractivity contribution in [2.75, 3.05) is 12.5 Å². The van der Waals surface area contributed by atoms with Gasteiger partial charge in [0.05, 0.1) is 12.8 Å². The van der Waals surface area contributed by atoms with Gasteiger partial charge in [0.15, 0.2) is 0 Å². The lowest BCUT2D eigenvalue weighted by atomic mass is 10.3. The summed E-state index contributed by atoms with van der Waals surface area (Å²) in [5.74, 6) is 0.834. The first-order chi connectivity index (χ1) is 10.3. The lowest BCUT2D eigenvalue weighted by Crippen LogP contribution is -2.30. The second-order valence-corrected chi connectivity index (χ2v) is 5.63. The van der Waals surface area contributed by atoms with Gasteiger partial charge in [0.1, 0.15) is 23.7 Å². The van der Waals surface area contributed by atoms with Crippen LogP contribution in [0.15, 0.2) is 53.6 Å². The maximum Gasteiger partial charge on any atom is 0.282 e. The summed E-state index contributed by atoms with van der Waals surface area (Å²) < 4.78 is 8.52. The molecule has 0 aliphatic rings. The number of rotatable bonds is 4. The molecule has 1 aromatic heterocycles. The van der Waals surface area contributed by atoms with Crippen LogP contribution in [0.4, 0.5) is 5.69 Å². The first kappa shape index (κ1) is 13.6. The molecule has 0 unspecified atom stereocenters. The molecule has 1 N–H and O–H groups in total. The van der Waals surface area contributed by atoms with E-state index in [4.69, 9.17) is 4.74 Å². The molecule has 0 saturated heterocycles. The Labute approximate surface area is 127 Å². The van der Waals surface area contributed by atoms with Crippen molar-refractivity contribution in [3.05, 3.63) is 53.5 Å². The highest BCUT2D eigenvalue weighted by molar-refractivity contribution is 7.19. The molecule has 3 rings (SSSR count). The topological polar surface area (TPSA) is 37.5 Å². The molecule has 0 aliphatic heterocycles. The van der Waals surface area contributed by atoms with E-state index >= 15 is 0 Å². The Kier molecular flexibility index (Phi) is 3.83. The second kappa shape index (κ2) is 5.93. The van der Waals surface area contributed by atoms with Gasteiger partial charge in [-0.1, -0.05) is 23.5 Å². The average Bonchev–Trinajstić information content (AvgIpc) is 2.85. The number of benzene rings is 2. The highest BCUT2D eigenvalue weighted by Crippen LogP contribution is 2.18. The van der Waals surface area contributed by atoms with Crippen molar-refractivity contribution in [1.82, 2.24) is 0 Å². The number of aromatic nitrogens is 1. The Hall–Kier alpha value is -2.40. The fourth-order valence-electron chi connectivity index (χ4n) is 2.06. The largest absolute Gasteiger partial charge is 0.497 e. The summed E-state index contributed by atoms with van der Waals surface area (Å²) in [5, 5.41) is 5.39. The van der Waals surface area contributed by atoms with Crippen molar-refractivity contribution in [1.29, 1.82) is 0 Å². The van der Waals surface area contributed by atoms with Crippen molar-refractivity contribution in [2.45, 2.75) is 0 Å². The molecule has 0 saturated carbocycles. The molecule has 0 radical (unpaired) electrons. The van der Waals surface area contributed by atoms with Gasteiger partial charge in [-0.25, -0.2) is 0 Å². The molecule has 2 aromatic carbocycles. The number of nitrogens with zero attached hydrogens (tertiary/aromatic N) is 2. The minimum atomic E-state index is 0.834. The van der Waals surface area contributed by atoms with Crippen LogP contribution in [0.3, 0.4) is 0 Å². The van der Waals surface area contributed by atoms with Crippen LogP contribution < -0.4 is 14.7 Å². The van der Waals surface area contributed by atoms with Gasteiger partial charge in [-0.2, -0.15) is 9.67 Å². The smallest absolute Gasteiger partial charge is 0.282 e. The number of nitrogens with one attached hydrogen (secondary N) is 1. The van der Waals surface area contributed by atoms with E-state index in [1.165, 1.54) is 10.2 Å². The lowest BCUT2D eigenvalue weighted by Gasteiger charge is -2.01. The Morgan fingerprint density at radius 3 is 2.62 bits per heavy atom. The number of aryl methyl sites for hydroxylation is 1. The second-order valence-electron chi connectivity index (χ2n) is 4.57. The first-order valence-electron chi connectivity index (χ1n) is 6.58. The van der Waals surface area contributed by atoms with E-state index in [0.29, 0.717) is 0 Å². The normalized spacial score (nSPS) is 11.1. The third-order valence-electron chi connectivity index (χ3n) is 3.23. The number of thiazole rings is 1. The number of ether oxygens (including phenoxy) is 1. The van der Waals surface area contributed by atoms with E-state index in [1.54, 1.807) is 18.4 Å². The van der Waals surface area contributed by atoms with Crippen LogP contribution in [0.5, 0.6) is 5.75 Å². The summed E-state index contributed by atoms with van der Waals surface area (Å²) in [4.78, 5) is 0. The molecule has 0 aliphatic carbocycles. The predicted molar refractivity (Wildman–Crippen MR) is 87.2 cm³/mol. The monoisotopic (exact) mass is 298 g/mol. The molecule has 0 bridgehead atoms. The van der Waals surface area contributed by atoms with Gasteiger partial charge in [0.2, 0.25) is 5.52 Å². The van der Waals surface area contributed by atoms with E-state index in [2.05, 4.69) is 33.3 Å². The number of hydrogen-bond donors (Lipinski definition) is 1. The van der Waals surface area contributed by atoms with Gasteiger partial charge in [0, 0.05) is 6.07 Å². The van der Waals surface area contributed by atoms with Crippen LogP contribution in [0.2, 0.25) is 0 Å². The molecule has 5 heteroatoms. The summed E-state index contributed by atoms with van der Waals surface area (Å²) >= 11 is 1.72. The summed E-state index contributed by atoms with van der Waals surface area (Å²) in [7, 11) is 3.70. The molecular formula is C16H16N3OS+. The van der Waals surface area contributed by atoms with Gasteiger partial charge in [-0.3, -0.25) is 5.43 Å². The molecule has 0 amide bonds. The summed E-state index contributed by atoms with van der Waals surface area (Å²) in [6, 6.07) is 16.0. The molecule has 3 aromatic rings. The maximum atomic E-state index is 5.12. The zero-order valence-corrected chi connectivity index (χ0v) is 12.7. The predicted octanol–water partition coefficient (Wildman–Crippen LogP) is 3.18. The number of methoxy groups -OCH3 is 1. The number of anilines is 1. The van der Waals surface area contributed by atoms with E-state index in [-0.39, 0.29) is 0 Å². The fourth-order valence-corrected chi connectivity index (χ4v) is 3.08. The van der Waals surface area contributed by atoms with Crippen LogP contribution in [-0.2, 0) is 7.05 Å². The highest BCUT2D eigenvalue weighted by atomic mass is 32.1. The summed E-state index contributed by atoms with van der Waals surface area (Å²) in [5.41, 5.74) is 5.17. The summed E-state index contributed by atoms with van der Waals surface area (Å²) in [6.07, 6.45) is 1.84. The van der Waals surface area contributed by atoms with Gasteiger partial charge >= 0.3 is 0 Å². The molecule has 4 nitrogen and oxygen atoms in total. The molecule has 0 atom stereocenters. The lowest BCUT2D eigenvalue weighted by molar-refractivity contribution is -0.641. The summed E-state index contributed by atoms with van der Waals surface area (Å²) in [6.45, 7) is 0.